The van der Waals surface area contributed by atoms with E-state index >= 15 is 0 Å². The van der Waals surface area contributed by atoms with Gasteiger partial charge >= 0.3 is 12.1 Å². The van der Waals surface area contributed by atoms with Crippen LogP contribution in [-0.2, 0) is 27.2 Å². The van der Waals surface area contributed by atoms with Crippen LogP contribution in [0, 0.1) is 5.82 Å². The summed E-state index contributed by atoms with van der Waals surface area (Å²) in [5, 5.41) is 9.77. The number of aryl methyl sites for hydroxylation is 1. The number of fused-ring (bicyclic) bond motifs is 3. The number of aromatic nitrogens is 1. The molecule has 0 spiro atoms. The lowest BCUT2D eigenvalue weighted by Crippen LogP contribution is -2.16. The topological polar surface area (TPSA) is 76.4 Å². The van der Waals surface area contributed by atoms with E-state index in [0.29, 0.717) is 35.0 Å². The van der Waals surface area contributed by atoms with Crippen molar-refractivity contribution in [3.8, 4) is 0 Å². The van der Waals surface area contributed by atoms with E-state index < -0.39 is 45.3 Å². The standard InChI is InChI=1S/C23H21F4NO4S/c1-12(13-3-6-15(7-4-13)23(25,26)27)28-21-14(9-20(29)30)5-8-17(21)18-10-16(24)11-19(22(18)28)33(2,31)32/h3-4,6-7,10-12,14H,5,8-9H2,1-2H3,(H,29,30)/t12-,14+/m0/s1. The molecule has 2 aromatic carbocycles. The minimum atomic E-state index is -4.50. The summed E-state index contributed by atoms with van der Waals surface area (Å²) in [5.41, 5.74) is 1.18. The maximum absolute atomic E-state index is 14.4. The highest BCUT2D eigenvalue weighted by atomic mass is 32.2. The maximum atomic E-state index is 14.4. The third-order valence-electron chi connectivity index (χ3n) is 6.23. The molecule has 0 aliphatic heterocycles. The number of carboxylic acids is 1. The van der Waals surface area contributed by atoms with Gasteiger partial charge in [0.15, 0.2) is 9.84 Å². The van der Waals surface area contributed by atoms with Crippen molar-refractivity contribution in [1.29, 1.82) is 0 Å². The van der Waals surface area contributed by atoms with Crippen LogP contribution in [0.25, 0.3) is 10.9 Å². The molecule has 2 atom stereocenters. The fourth-order valence-corrected chi connectivity index (χ4v) is 5.70. The number of carboxylic acid groups (broad SMARTS) is 1. The highest BCUT2D eigenvalue weighted by Crippen LogP contribution is 2.46. The molecule has 0 unspecified atom stereocenters. The Hall–Kier alpha value is -2.88. The zero-order valence-corrected chi connectivity index (χ0v) is 18.6. The number of sulfone groups is 1. The van der Waals surface area contributed by atoms with E-state index in [9.17, 15) is 35.9 Å². The van der Waals surface area contributed by atoms with Gasteiger partial charge in [0, 0.05) is 23.3 Å². The minimum Gasteiger partial charge on any atom is -0.481 e. The Bertz CT molecular complexity index is 1360. The number of nitrogens with zero attached hydrogens (tertiary/aromatic N) is 1. The SMILES string of the molecule is C[C@@H](c1ccc(C(F)(F)F)cc1)n1c2c(c3cc(F)cc(S(C)(=O)=O)c31)CC[C@@H]2CC(=O)O. The van der Waals surface area contributed by atoms with Gasteiger partial charge in [-0.3, -0.25) is 4.79 Å². The molecule has 0 fully saturated rings. The van der Waals surface area contributed by atoms with Crippen molar-refractivity contribution in [2.75, 3.05) is 6.26 Å². The fraction of sp³-hybridized carbons (Fsp3) is 0.348. The molecule has 10 heteroatoms. The summed E-state index contributed by atoms with van der Waals surface area (Å²) in [6, 6.07) is 6.07. The van der Waals surface area contributed by atoms with Crippen LogP contribution in [0.4, 0.5) is 17.6 Å². The van der Waals surface area contributed by atoms with Gasteiger partial charge in [-0.1, -0.05) is 12.1 Å². The summed E-state index contributed by atoms with van der Waals surface area (Å²) in [7, 11) is -3.87. The smallest absolute Gasteiger partial charge is 0.416 e. The molecule has 1 aliphatic rings. The average Bonchev–Trinajstić information content (AvgIpc) is 3.24. The second-order valence-electron chi connectivity index (χ2n) is 8.44. The fourth-order valence-electron chi connectivity index (χ4n) is 4.81. The van der Waals surface area contributed by atoms with E-state index in [4.69, 9.17) is 0 Å². The van der Waals surface area contributed by atoms with Gasteiger partial charge in [0.2, 0.25) is 0 Å². The lowest BCUT2D eigenvalue weighted by molar-refractivity contribution is -0.138. The highest BCUT2D eigenvalue weighted by Gasteiger charge is 2.36. The highest BCUT2D eigenvalue weighted by molar-refractivity contribution is 7.91. The lowest BCUT2D eigenvalue weighted by Gasteiger charge is -2.23. The Morgan fingerprint density at radius 1 is 1.21 bits per heavy atom. The zero-order valence-electron chi connectivity index (χ0n) is 17.8. The van der Waals surface area contributed by atoms with Crippen LogP contribution < -0.4 is 0 Å². The molecule has 33 heavy (non-hydrogen) atoms. The van der Waals surface area contributed by atoms with Gasteiger partial charge in [0.25, 0.3) is 0 Å². The number of rotatable bonds is 5. The summed E-state index contributed by atoms with van der Waals surface area (Å²) in [5.74, 6) is -2.19. The first kappa shape index (κ1) is 23.3. The predicted molar refractivity (Wildman–Crippen MR) is 114 cm³/mol. The van der Waals surface area contributed by atoms with E-state index in [-0.39, 0.29) is 16.8 Å². The van der Waals surface area contributed by atoms with Crippen LogP contribution in [0.5, 0.6) is 0 Å². The first-order chi connectivity index (χ1) is 15.3. The molecule has 5 nitrogen and oxygen atoms in total. The zero-order chi connectivity index (χ0) is 24.3. The van der Waals surface area contributed by atoms with E-state index in [1.54, 1.807) is 11.5 Å². The van der Waals surface area contributed by atoms with Gasteiger partial charge in [0.05, 0.1) is 28.4 Å². The molecule has 0 bridgehead atoms. The number of alkyl halides is 3. The summed E-state index contributed by atoms with van der Waals surface area (Å²) in [4.78, 5) is 11.2. The number of benzene rings is 2. The number of hydrogen-bond acceptors (Lipinski definition) is 3. The van der Waals surface area contributed by atoms with E-state index in [1.165, 1.54) is 18.2 Å². The van der Waals surface area contributed by atoms with Crippen LogP contribution in [-0.4, -0.2) is 30.3 Å². The van der Waals surface area contributed by atoms with E-state index in [1.807, 2.05) is 0 Å². The van der Waals surface area contributed by atoms with Gasteiger partial charge in [0.1, 0.15) is 5.82 Å². The molecule has 0 saturated carbocycles. The Morgan fingerprint density at radius 2 is 1.85 bits per heavy atom. The largest absolute Gasteiger partial charge is 0.481 e. The van der Waals surface area contributed by atoms with Crippen molar-refractivity contribution in [2.45, 2.75) is 49.2 Å². The van der Waals surface area contributed by atoms with Crippen LogP contribution in [0.3, 0.4) is 0 Å². The molecule has 176 valence electrons. The monoisotopic (exact) mass is 483 g/mol. The number of carbonyl (C=O) groups is 1. The van der Waals surface area contributed by atoms with Crippen LogP contribution in [0.1, 0.15) is 54.1 Å². The molecule has 1 heterocycles. The first-order valence-electron chi connectivity index (χ1n) is 10.2. The molecule has 0 amide bonds. The van der Waals surface area contributed by atoms with Crippen molar-refractivity contribution >= 4 is 26.7 Å². The summed E-state index contributed by atoms with van der Waals surface area (Å²) >= 11 is 0. The molecule has 1 aliphatic carbocycles. The second-order valence-corrected chi connectivity index (χ2v) is 10.4. The van der Waals surface area contributed by atoms with Gasteiger partial charge in [-0.15, -0.1) is 0 Å². The molecule has 1 N–H and O–H groups in total. The Labute approximate surface area is 187 Å². The molecule has 0 saturated heterocycles. The third kappa shape index (κ3) is 4.12. The number of halogens is 4. The van der Waals surface area contributed by atoms with Crippen molar-refractivity contribution < 1.29 is 35.9 Å². The second kappa shape index (κ2) is 7.86. The molecular weight excluding hydrogens is 462 g/mol. The Balaban J connectivity index is 2.01. The first-order valence-corrected chi connectivity index (χ1v) is 12.1. The molecule has 4 rings (SSSR count). The summed E-state index contributed by atoms with van der Waals surface area (Å²) < 4.78 is 80.2. The van der Waals surface area contributed by atoms with E-state index in [0.717, 1.165) is 24.5 Å². The van der Waals surface area contributed by atoms with Crippen LogP contribution in [0.2, 0.25) is 0 Å². The maximum Gasteiger partial charge on any atom is 0.416 e. The van der Waals surface area contributed by atoms with Crippen molar-refractivity contribution in [3.05, 3.63) is 64.6 Å². The van der Waals surface area contributed by atoms with Gasteiger partial charge < -0.3 is 9.67 Å². The molecular formula is C23H21F4NO4S. The average molecular weight is 483 g/mol. The minimum absolute atomic E-state index is 0.195. The van der Waals surface area contributed by atoms with E-state index in [2.05, 4.69) is 0 Å². The van der Waals surface area contributed by atoms with Crippen molar-refractivity contribution in [3.63, 3.8) is 0 Å². The molecule has 1 aromatic heterocycles. The lowest BCUT2D eigenvalue weighted by atomic mass is 10.0. The third-order valence-corrected chi connectivity index (χ3v) is 7.34. The quantitative estimate of drug-likeness (QED) is 0.499. The predicted octanol–water partition coefficient (Wildman–Crippen LogP) is 5.32. The van der Waals surface area contributed by atoms with Gasteiger partial charge in [-0.05, 0) is 55.2 Å². The van der Waals surface area contributed by atoms with Gasteiger partial charge in [-0.2, -0.15) is 13.2 Å². The summed E-state index contributed by atoms with van der Waals surface area (Å²) in [6.45, 7) is 1.70. The van der Waals surface area contributed by atoms with Crippen LogP contribution >= 0.6 is 0 Å². The van der Waals surface area contributed by atoms with Crippen LogP contribution in [0.15, 0.2) is 41.3 Å². The Morgan fingerprint density at radius 3 is 2.39 bits per heavy atom. The van der Waals surface area contributed by atoms with Gasteiger partial charge in [-0.25, -0.2) is 12.8 Å². The normalized spacial score (nSPS) is 17.3. The summed E-state index contributed by atoms with van der Waals surface area (Å²) in [6.07, 6.45) is -2.79. The number of hydrogen-bond donors (Lipinski definition) is 1. The molecule has 0 radical (unpaired) electrons. The number of aliphatic carboxylic acids is 1. The van der Waals surface area contributed by atoms with Crippen molar-refractivity contribution in [2.24, 2.45) is 0 Å². The molecule has 3 aromatic rings. The van der Waals surface area contributed by atoms with Crippen molar-refractivity contribution in [1.82, 2.24) is 4.57 Å². The Kier molecular flexibility index (Phi) is 5.55.